The number of nitrogens with one attached hydrogen (secondary N) is 1. The molecule has 1 saturated heterocycles. The molecule has 7 heteroatoms. The maximum Gasteiger partial charge on any atom is 0.234 e. The van der Waals surface area contributed by atoms with Gasteiger partial charge in [0, 0.05) is 60.2 Å². The molecule has 2 heterocycles. The molecule has 3 aromatic rings. The van der Waals surface area contributed by atoms with Gasteiger partial charge in [-0.1, -0.05) is 42.2 Å². The number of para-hydroxylation sites is 1. The molecular formula is C22H26N4OS2. The van der Waals surface area contributed by atoms with Crippen molar-refractivity contribution < 1.29 is 4.79 Å². The van der Waals surface area contributed by atoms with Crippen LogP contribution in [0, 0.1) is 0 Å². The van der Waals surface area contributed by atoms with Gasteiger partial charge < -0.3 is 19.7 Å². The highest BCUT2D eigenvalue weighted by Crippen LogP contribution is 2.31. The number of hydrogen-bond donors (Lipinski definition) is 1. The lowest BCUT2D eigenvalue weighted by atomic mass is 10.1. The number of hydrogen-bond acceptors (Lipinski definition) is 4. The van der Waals surface area contributed by atoms with Gasteiger partial charge in [-0.2, -0.15) is 0 Å². The summed E-state index contributed by atoms with van der Waals surface area (Å²) in [5.74, 6) is 0.310. The van der Waals surface area contributed by atoms with Gasteiger partial charge >= 0.3 is 0 Å². The van der Waals surface area contributed by atoms with Gasteiger partial charge in [-0.15, -0.1) is 0 Å². The van der Waals surface area contributed by atoms with E-state index < -0.39 is 0 Å². The van der Waals surface area contributed by atoms with Crippen molar-refractivity contribution in [3.8, 4) is 0 Å². The van der Waals surface area contributed by atoms with Crippen LogP contribution in [0.5, 0.6) is 0 Å². The lowest BCUT2D eigenvalue weighted by molar-refractivity contribution is -0.113. The molecule has 1 N–H and O–H groups in total. The van der Waals surface area contributed by atoms with Crippen LogP contribution in [0.25, 0.3) is 21.8 Å². The van der Waals surface area contributed by atoms with Crippen molar-refractivity contribution >= 4 is 61.7 Å². The first-order valence-corrected chi connectivity index (χ1v) is 11.4. The van der Waals surface area contributed by atoms with E-state index in [9.17, 15) is 4.79 Å². The summed E-state index contributed by atoms with van der Waals surface area (Å²) in [5, 5.41) is 5.42. The van der Waals surface area contributed by atoms with Crippen molar-refractivity contribution in [1.29, 1.82) is 0 Å². The maximum absolute atomic E-state index is 12.5. The number of thiocarbonyl (C=S) groups is 1. The standard InChI is InChI=1S/C22H26N4OS2/c1-3-26-19-7-5-4-6-17(19)18-14-16(8-9-20(18)26)23-21(27)15-29-22(28)25-12-10-24(2)11-13-25/h4-9,14H,3,10-13,15H2,1-2H3,(H,23,27). The molecule has 1 fully saturated rings. The summed E-state index contributed by atoms with van der Waals surface area (Å²) in [5.41, 5.74) is 3.24. The van der Waals surface area contributed by atoms with Crippen LogP contribution in [0.2, 0.25) is 0 Å². The van der Waals surface area contributed by atoms with Crippen molar-refractivity contribution in [3.05, 3.63) is 42.5 Å². The number of benzene rings is 2. The molecule has 1 aliphatic rings. The number of aromatic nitrogens is 1. The minimum atomic E-state index is -0.0231. The lowest BCUT2D eigenvalue weighted by Crippen LogP contribution is -2.46. The van der Waals surface area contributed by atoms with E-state index in [0.717, 1.165) is 42.7 Å². The van der Waals surface area contributed by atoms with Gasteiger partial charge in [0.2, 0.25) is 5.91 Å². The Morgan fingerprint density at radius 1 is 1.07 bits per heavy atom. The highest BCUT2D eigenvalue weighted by molar-refractivity contribution is 8.23. The summed E-state index contributed by atoms with van der Waals surface area (Å²) >= 11 is 6.96. The van der Waals surface area contributed by atoms with Gasteiger partial charge in [0.05, 0.1) is 5.75 Å². The summed E-state index contributed by atoms with van der Waals surface area (Å²) in [6, 6.07) is 14.6. The van der Waals surface area contributed by atoms with Gasteiger partial charge in [-0.3, -0.25) is 4.79 Å². The monoisotopic (exact) mass is 426 g/mol. The Morgan fingerprint density at radius 3 is 2.55 bits per heavy atom. The number of amides is 1. The molecule has 0 radical (unpaired) electrons. The molecule has 0 bridgehead atoms. The fourth-order valence-corrected chi connectivity index (χ4v) is 4.93. The molecule has 0 saturated carbocycles. The second-order valence-electron chi connectivity index (χ2n) is 7.39. The van der Waals surface area contributed by atoms with Crippen LogP contribution in [0.15, 0.2) is 42.5 Å². The van der Waals surface area contributed by atoms with Gasteiger partial charge in [0.1, 0.15) is 4.32 Å². The van der Waals surface area contributed by atoms with Crippen LogP contribution >= 0.6 is 24.0 Å². The summed E-state index contributed by atoms with van der Waals surface area (Å²) in [6.07, 6.45) is 0. The van der Waals surface area contributed by atoms with Gasteiger partial charge in [-0.25, -0.2) is 0 Å². The zero-order chi connectivity index (χ0) is 20.4. The first-order chi connectivity index (χ1) is 14.1. The van der Waals surface area contributed by atoms with Crippen molar-refractivity contribution in [3.63, 3.8) is 0 Å². The van der Waals surface area contributed by atoms with Crippen LogP contribution in [0.3, 0.4) is 0 Å². The normalized spacial score (nSPS) is 15.2. The van der Waals surface area contributed by atoms with E-state index in [0.29, 0.717) is 5.75 Å². The third-order valence-corrected chi connectivity index (χ3v) is 6.98. The van der Waals surface area contributed by atoms with E-state index in [1.165, 1.54) is 33.6 Å². The Balaban J connectivity index is 1.43. The number of aryl methyl sites for hydroxylation is 1. The van der Waals surface area contributed by atoms with Crippen molar-refractivity contribution in [2.45, 2.75) is 13.5 Å². The lowest BCUT2D eigenvalue weighted by Gasteiger charge is -2.33. The number of rotatable bonds is 4. The molecule has 0 atom stereocenters. The molecule has 5 nitrogen and oxygen atoms in total. The van der Waals surface area contributed by atoms with Crippen LogP contribution in [-0.2, 0) is 11.3 Å². The minimum Gasteiger partial charge on any atom is -0.355 e. The topological polar surface area (TPSA) is 40.5 Å². The fraction of sp³-hybridized carbons (Fsp3) is 0.364. The SMILES string of the molecule is CCn1c2ccccc2c2cc(NC(=O)CSC(=S)N3CCN(C)CC3)ccc21. The molecule has 1 aliphatic heterocycles. The minimum absolute atomic E-state index is 0.0231. The predicted octanol–water partition coefficient (Wildman–Crippen LogP) is 4.02. The molecule has 29 heavy (non-hydrogen) atoms. The highest BCUT2D eigenvalue weighted by atomic mass is 32.2. The van der Waals surface area contributed by atoms with Crippen LogP contribution in [-0.4, -0.2) is 63.6 Å². The second-order valence-corrected chi connectivity index (χ2v) is 9.00. The molecule has 0 unspecified atom stereocenters. The molecular weight excluding hydrogens is 400 g/mol. The summed E-state index contributed by atoms with van der Waals surface area (Å²) in [6.45, 7) is 6.96. The van der Waals surface area contributed by atoms with Gasteiger partial charge in [0.15, 0.2) is 0 Å². The molecule has 2 aromatic carbocycles. The average molecular weight is 427 g/mol. The van der Waals surface area contributed by atoms with E-state index in [2.05, 4.69) is 70.1 Å². The quantitative estimate of drug-likeness (QED) is 0.638. The van der Waals surface area contributed by atoms with E-state index in [-0.39, 0.29) is 5.91 Å². The third kappa shape index (κ3) is 4.27. The number of piperazine rings is 1. The second kappa shape index (κ2) is 8.73. The molecule has 1 amide bonds. The zero-order valence-corrected chi connectivity index (χ0v) is 18.5. The Bertz CT molecular complexity index is 1050. The smallest absolute Gasteiger partial charge is 0.234 e. The highest BCUT2D eigenvalue weighted by Gasteiger charge is 2.17. The summed E-state index contributed by atoms with van der Waals surface area (Å²) in [4.78, 5) is 17.0. The van der Waals surface area contributed by atoms with E-state index in [1.54, 1.807) is 0 Å². The van der Waals surface area contributed by atoms with Gasteiger partial charge in [0.25, 0.3) is 0 Å². The van der Waals surface area contributed by atoms with Crippen molar-refractivity contribution in [1.82, 2.24) is 14.4 Å². The maximum atomic E-state index is 12.5. The Labute approximate surface area is 181 Å². The first kappa shape index (κ1) is 20.2. The summed E-state index contributed by atoms with van der Waals surface area (Å²) < 4.78 is 3.12. The number of fused-ring (bicyclic) bond motifs is 3. The number of likely N-dealkylation sites (N-methyl/N-ethyl adjacent to an activating group) is 1. The van der Waals surface area contributed by atoms with E-state index >= 15 is 0 Å². The molecule has 4 rings (SSSR count). The Hall–Kier alpha value is -2.09. The van der Waals surface area contributed by atoms with Crippen LogP contribution < -0.4 is 5.32 Å². The number of carbonyl (C=O) groups excluding carboxylic acids is 1. The largest absolute Gasteiger partial charge is 0.355 e. The molecule has 0 spiro atoms. The predicted molar refractivity (Wildman–Crippen MR) is 128 cm³/mol. The van der Waals surface area contributed by atoms with Crippen LogP contribution in [0.4, 0.5) is 5.69 Å². The fourth-order valence-electron chi connectivity index (χ4n) is 3.88. The van der Waals surface area contributed by atoms with Crippen LogP contribution in [0.1, 0.15) is 6.92 Å². The van der Waals surface area contributed by atoms with E-state index in [1.807, 2.05) is 6.07 Å². The Morgan fingerprint density at radius 2 is 1.79 bits per heavy atom. The molecule has 1 aromatic heterocycles. The van der Waals surface area contributed by atoms with Crippen molar-refractivity contribution in [2.75, 3.05) is 44.3 Å². The van der Waals surface area contributed by atoms with Gasteiger partial charge in [-0.05, 0) is 38.2 Å². The van der Waals surface area contributed by atoms with Crippen molar-refractivity contribution in [2.24, 2.45) is 0 Å². The Kier molecular flexibility index (Phi) is 6.08. The zero-order valence-electron chi connectivity index (χ0n) is 16.9. The summed E-state index contributed by atoms with van der Waals surface area (Å²) in [7, 11) is 2.12. The molecule has 0 aliphatic carbocycles. The number of thioether (sulfide) groups is 1. The van der Waals surface area contributed by atoms with E-state index in [4.69, 9.17) is 12.2 Å². The number of carbonyl (C=O) groups is 1. The molecule has 152 valence electrons. The number of anilines is 1. The number of nitrogens with zero attached hydrogens (tertiary/aromatic N) is 3. The first-order valence-electron chi connectivity index (χ1n) is 9.98. The average Bonchev–Trinajstić information content (AvgIpc) is 3.05. The third-order valence-electron chi connectivity index (χ3n) is 5.46.